The zero-order valence-corrected chi connectivity index (χ0v) is 15.2. The summed E-state index contributed by atoms with van der Waals surface area (Å²) in [5, 5.41) is 0.742. The van der Waals surface area contributed by atoms with Gasteiger partial charge in [0.15, 0.2) is 0 Å². The molecule has 1 nitrogen and oxygen atoms in total. The second kappa shape index (κ2) is 10.4. The van der Waals surface area contributed by atoms with E-state index in [9.17, 15) is 0 Å². The SMILES string of the molecule is Cl.ClCCN(CCCl)C(c1ccccc1)c1ccc(Cl)cc1. The molecule has 0 spiro atoms. The van der Waals surface area contributed by atoms with Gasteiger partial charge in [-0.3, -0.25) is 4.90 Å². The van der Waals surface area contributed by atoms with Gasteiger partial charge in [0, 0.05) is 29.9 Å². The Morgan fingerprint density at radius 2 is 1.27 bits per heavy atom. The first-order valence-electron chi connectivity index (χ1n) is 6.92. The fraction of sp³-hybridized carbons (Fsp3) is 0.294. The van der Waals surface area contributed by atoms with Crippen molar-refractivity contribution in [1.29, 1.82) is 0 Å². The molecule has 0 bridgehead atoms. The second-order valence-electron chi connectivity index (χ2n) is 4.78. The van der Waals surface area contributed by atoms with E-state index in [0.29, 0.717) is 11.8 Å². The van der Waals surface area contributed by atoms with Crippen LogP contribution < -0.4 is 0 Å². The van der Waals surface area contributed by atoms with Gasteiger partial charge in [0.2, 0.25) is 0 Å². The van der Waals surface area contributed by atoms with E-state index in [0.717, 1.165) is 18.1 Å². The van der Waals surface area contributed by atoms with Crippen molar-refractivity contribution in [3.63, 3.8) is 0 Å². The topological polar surface area (TPSA) is 3.24 Å². The van der Waals surface area contributed by atoms with Gasteiger partial charge in [-0.2, -0.15) is 0 Å². The van der Waals surface area contributed by atoms with Gasteiger partial charge in [-0.1, -0.05) is 54.1 Å². The van der Waals surface area contributed by atoms with Crippen LogP contribution in [0.15, 0.2) is 54.6 Å². The van der Waals surface area contributed by atoms with E-state index in [1.165, 1.54) is 11.1 Å². The molecule has 0 aliphatic carbocycles. The highest BCUT2D eigenvalue weighted by molar-refractivity contribution is 6.30. The highest BCUT2D eigenvalue weighted by Crippen LogP contribution is 2.29. The van der Waals surface area contributed by atoms with Crippen molar-refractivity contribution in [2.24, 2.45) is 0 Å². The van der Waals surface area contributed by atoms with Gasteiger partial charge in [-0.15, -0.1) is 35.6 Å². The quantitative estimate of drug-likeness (QED) is 0.564. The van der Waals surface area contributed by atoms with Crippen molar-refractivity contribution in [3.05, 3.63) is 70.7 Å². The van der Waals surface area contributed by atoms with Crippen LogP contribution in [0, 0.1) is 0 Å². The summed E-state index contributed by atoms with van der Waals surface area (Å²) < 4.78 is 0. The predicted molar refractivity (Wildman–Crippen MR) is 100.0 cm³/mol. The first kappa shape index (κ1) is 19.6. The molecule has 0 aliphatic rings. The van der Waals surface area contributed by atoms with E-state index in [1.54, 1.807) is 0 Å². The lowest BCUT2D eigenvalue weighted by molar-refractivity contribution is 0.254. The molecule has 1 atom stereocenters. The number of alkyl halides is 2. The van der Waals surface area contributed by atoms with Crippen molar-refractivity contribution in [2.45, 2.75) is 6.04 Å². The van der Waals surface area contributed by atoms with E-state index < -0.39 is 0 Å². The van der Waals surface area contributed by atoms with Crippen LogP contribution >= 0.6 is 47.2 Å². The Kier molecular flexibility index (Phi) is 9.23. The smallest absolute Gasteiger partial charge is 0.0602 e. The third-order valence-electron chi connectivity index (χ3n) is 3.41. The molecule has 1 unspecified atom stereocenters. The summed E-state index contributed by atoms with van der Waals surface area (Å²) >= 11 is 17.9. The lowest BCUT2D eigenvalue weighted by Gasteiger charge is -2.31. The third-order valence-corrected chi connectivity index (χ3v) is 4.00. The summed E-state index contributed by atoms with van der Waals surface area (Å²) in [6, 6.07) is 18.5. The van der Waals surface area contributed by atoms with E-state index in [4.69, 9.17) is 34.8 Å². The van der Waals surface area contributed by atoms with Crippen LogP contribution in [-0.2, 0) is 0 Å². The van der Waals surface area contributed by atoms with Gasteiger partial charge in [-0.05, 0) is 23.3 Å². The molecule has 0 heterocycles. The van der Waals surface area contributed by atoms with Gasteiger partial charge in [0.1, 0.15) is 0 Å². The van der Waals surface area contributed by atoms with Crippen LogP contribution in [0.4, 0.5) is 0 Å². The molecule has 0 N–H and O–H groups in total. The molecule has 120 valence electrons. The molecule has 0 saturated carbocycles. The minimum Gasteiger partial charge on any atom is -0.290 e. The van der Waals surface area contributed by atoms with Crippen molar-refractivity contribution < 1.29 is 0 Å². The van der Waals surface area contributed by atoms with Crippen molar-refractivity contribution in [2.75, 3.05) is 24.8 Å². The summed E-state index contributed by atoms with van der Waals surface area (Å²) in [5.41, 5.74) is 2.43. The summed E-state index contributed by atoms with van der Waals surface area (Å²) in [6.07, 6.45) is 0. The molecule has 2 rings (SSSR count). The molecule has 0 amide bonds. The monoisotopic (exact) mass is 377 g/mol. The average molecular weight is 379 g/mol. The zero-order valence-electron chi connectivity index (χ0n) is 12.1. The normalized spacial score (nSPS) is 12.0. The molecule has 0 fully saturated rings. The molecular formula is C17H19Cl4N. The number of rotatable bonds is 7. The first-order valence-corrected chi connectivity index (χ1v) is 8.37. The lowest BCUT2D eigenvalue weighted by atomic mass is 9.97. The van der Waals surface area contributed by atoms with E-state index in [1.807, 2.05) is 18.2 Å². The van der Waals surface area contributed by atoms with Crippen molar-refractivity contribution >= 4 is 47.2 Å². The van der Waals surface area contributed by atoms with Gasteiger partial charge in [-0.25, -0.2) is 0 Å². The summed E-state index contributed by atoms with van der Waals surface area (Å²) in [6.45, 7) is 1.58. The fourth-order valence-electron chi connectivity index (χ4n) is 2.48. The van der Waals surface area contributed by atoms with Crippen molar-refractivity contribution in [3.8, 4) is 0 Å². The number of benzene rings is 2. The number of halogens is 4. The molecule has 0 radical (unpaired) electrons. The van der Waals surface area contributed by atoms with Crippen LogP contribution in [0.5, 0.6) is 0 Å². The fourth-order valence-corrected chi connectivity index (χ4v) is 3.04. The van der Waals surface area contributed by atoms with Crippen LogP contribution in [0.2, 0.25) is 5.02 Å². The molecule has 22 heavy (non-hydrogen) atoms. The summed E-state index contributed by atoms with van der Waals surface area (Å²) in [5.74, 6) is 1.15. The Balaban J connectivity index is 0.00000242. The average Bonchev–Trinajstić information content (AvgIpc) is 2.51. The minimum atomic E-state index is 0. The van der Waals surface area contributed by atoms with Crippen LogP contribution in [0.25, 0.3) is 0 Å². The van der Waals surface area contributed by atoms with Gasteiger partial charge >= 0.3 is 0 Å². The second-order valence-corrected chi connectivity index (χ2v) is 5.97. The maximum absolute atomic E-state index is 6.01. The zero-order chi connectivity index (χ0) is 15.1. The van der Waals surface area contributed by atoms with Crippen LogP contribution in [0.3, 0.4) is 0 Å². The van der Waals surface area contributed by atoms with Crippen molar-refractivity contribution in [1.82, 2.24) is 4.90 Å². The van der Waals surface area contributed by atoms with Gasteiger partial charge in [0.25, 0.3) is 0 Å². The molecule has 2 aromatic rings. The minimum absolute atomic E-state index is 0. The Labute approximate surface area is 153 Å². The van der Waals surface area contributed by atoms with Gasteiger partial charge in [0.05, 0.1) is 6.04 Å². The molecule has 0 aromatic heterocycles. The highest BCUT2D eigenvalue weighted by atomic mass is 35.5. The predicted octanol–water partition coefficient (Wildman–Crippen LogP) is 5.63. The van der Waals surface area contributed by atoms with Crippen LogP contribution in [0.1, 0.15) is 17.2 Å². The van der Waals surface area contributed by atoms with Crippen LogP contribution in [-0.4, -0.2) is 29.7 Å². The molecular weight excluding hydrogens is 360 g/mol. The lowest BCUT2D eigenvalue weighted by Crippen LogP contribution is -2.33. The maximum Gasteiger partial charge on any atom is 0.0602 e. The molecule has 0 saturated heterocycles. The van der Waals surface area contributed by atoms with E-state index >= 15 is 0 Å². The molecule has 5 heteroatoms. The summed E-state index contributed by atoms with van der Waals surface area (Å²) in [7, 11) is 0. The number of hydrogen-bond acceptors (Lipinski definition) is 1. The Morgan fingerprint density at radius 3 is 1.77 bits per heavy atom. The number of nitrogens with zero attached hydrogens (tertiary/aromatic N) is 1. The Bertz CT molecular complexity index is 524. The standard InChI is InChI=1S/C17H18Cl3N.ClH/c18-10-12-21(13-11-19)17(14-4-2-1-3-5-14)15-6-8-16(20)9-7-15;/h1-9,17H,10-13H2;1H. The van der Waals surface area contributed by atoms with Gasteiger partial charge < -0.3 is 0 Å². The third kappa shape index (κ3) is 5.33. The summed E-state index contributed by atoms with van der Waals surface area (Å²) in [4.78, 5) is 2.30. The molecule has 0 aliphatic heterocycles. The Hall–Kier alpha value is -0.440. The molecule has 2 aromatic carbocycles. The number of hydrogen-bond donors (Lipinski definition) is 0. The largest absolute Gasteiger partial charge is 0.290 e. The highest BCUT2D eigenvalue weighted by Gasteiger charge is 2.21. The Morgan fingerprint density at radius 1 is 0.773 bits per heavy atom. The van der Waals surface area contributed by atoms with E-state index in [2.05, 4.69) is 41.3 Å². The van der Waals surface area contributed by atoms with E-state index in [-0.39, 0.29) is 18.4 Å². The first-order chi connectivity index (χ1) is 10.3. The maximum atomic E-state index is 6.01.